The number of nitrogens with zero attached hydrogens (tertiary/aromatic N) is 3. The highest BCUT2D eigenvalue weighted by Gasteiger charge is 2.15. The summed E-state index contributed by atoms with van der Waals surface area (Å²) < 4.78 is 0. The highest BCUT2D eigenvalue weighted by atomic mass is 32.1. The van der Waals surface area contributed by atoms with E-state index in [-0.39, 0.29) is 0 Å². The van der Waals surface area contributed by atoms with Gasteiger partial charge in [0.05, 0.1) is 0 Å². The summed E-state index contributed by atoms with van der Waals surface area (Å²) in [4.78, 5) is 9.12. The molecule has 1 aliphatic heterocycles. The Kier molecular flexibility index (Phi) is 4.63. The molecule has 0 saturated carbocycles. The van der Waals surface area contributed by atoms with E-state index in [1.54, 1.807) is 0 Å². The Hall–Kier alpha value is -0.580. The van der Waals surface area contributed by atoms with Crippen LogP contribution in [0.4, 0.5) is 0 Å². The lowest BCUT2D eigenvalue weighted by atomic mass is 10.2. The molecule has 1 saturated heterocycles. The van der Waals surface area contributed by atoms with Crippen LogP contribution in [0.25, 0.3) is 0 Å². The van der Waals surface area contributed by atoms with Gasteiger partial charge in [-0.2, -0.15) is 12.6 Å². The molecule has 88 valence electrons. The van der Waals surface area contributed by atoms with E-state index in [1.807, 2.05) is 18.5 Å². The first-order valence-electron chi connectivity index (χ1n) is 5.83. The van der Waals surface area contributed by atoms with Crippen LogP contribution in [0.3, 0.4) is 0 Å². The molecule has 1 aromatic heterocycles. The molecule has 0 unspecified atom stereocenters. The van der Waals surface area contributed by atoms with Gasteiger partial charge in [-0.25, -0.2) is 0 Å². The summed E-state index contributed by atoms with van der Waals surface area (Å²) in [5.74, 6) is 0.961. The molecule has 0 spiro atoms. The first kappa shape index (κ1) is 11.9. The van der Waals surface area contributed by atoms with Gasteiger partial charge in [0, 0.05) is 57.4 Å². The van der Waals surface area contributed by atoms with Crippen molar-refractivity contribution in [3.63, 3.8) is 0 Å². The number of thiol groups is 1. The smallest absolute Gasteiger partial charge is 0.0312 e. The van der Waals surface area contributed by atoms with Crippen LogP contribution < -0.4 is 0 Å². The molecule has 0 atom stereocenters. The summed E-state index contributed by atoms with van der Waals surface area (Å²) >= 11 is 4.27. The predicted octanol–water partition coefficient (Wildman–Crippen LogP) is 1.13. The van der Waals surface area contributed by atoms with Gasteiger partial charge in [0.25, 0.3) is 0 Å². The van der Waals surface area contributed by atoms with E-state index in [0.29, 0.717) is 0 Å². The number of aromatic nitrogens is 1. The quantitative estimate of drug-likeness (QED) is 0.792. The number of pyridine rings is 1. The van der Waals surface area contributed by atoms with Gasteiger partial charge in [-0.1, -0.05) is 6.07 Å². The summed E-state index contributed by atoms with van der Waals surface area (Å²) in [5.41, 5.74) is 1.31. The third kappa shape index (κ3) is 3.47. The van der Waals surface area contributed by atoms with Crippen molar-refractivity contribution in [3.05, 3.63) is 30.1 Å². The fourth-order valence-corrected chi connectivity index (χ4v) is 2.35. The van der Waals surface area contributed by atoms with E-state index < -0.39 is 0 Å². The SMILES string of the molecule is SCCN1CCN(Cc2cccnc2)CC1. The van der Waals surface area contributed by atoms with Gasteiger partial charge in [0.15, 0.2) is 0 Å². The van der Waals surface area contributed by atoms with E-state index >= 15 is 0 Å². The molecule has 1 fully saturated rings. The maximum Gasteiger partial charge on any atom is 0.0312 e. The summed E-state index contributed by atoms with van der Waals surface area (Å²) in [6.07, 6.45) is 3.79. The molecule has 0 bridgehead atoms. The fourth-order valence-electron chi connectivity index (χ4n) is 2.06. The molecule has 0 radical (unpaired) electrons. The van der Waals surface area contributed by atoms with E-state index in [1.165, 1.54) is 18.7 Å². The van der Waals surface area contributed by atoms with E-state index in [2.05, 4.69) is 33.5 Å². The lowest BCUT2D eigenvalue weighted by Gasteiger charge is -2.34. The Morgan fingerprint density at radius 1 is 1.19 bits per heavy atom. The van der Waals surface area contributed by atoms with Crippen LogP contribution >= 0.6 is 12.6 Å². The lowest BCUT2D eigenvalue weighted by molar-refractivity contribution is 0.133. The van der Waals surface area contributed by atoms with Crippen molar-refractivity contribution in [1.29, 1.82) is 0 Å². The van der Waals surface area contributed by atoms with Crippen LogP contribution in [-0.2, 0) is 6.54 Å². The first-order chi connectivity index (χ1) is 7.88. The normalized spacial score (nSPS) is 18.8. The average Bonchev–Trinajstić information content (AvgIpc) is 2.33. The zero-order valence-corrected chi connectivity index (χ0v) is 10.4. The second-order valence-electron chi connectivity index (χ2n) is 4.20. The minimum atomic E-state index is 0.961. The van der Waals surface area contributed by atoms with Crippen LogP contribution in [0, 0.1) is 0 Å². The van der Waals surface area contributed by atoms with Crippen molar-refractivity contribution in [1.82, 2.24) is 14.8 Å². The van der Waals surface area contributed by atoms with Gasteiger partial charge in [0.1, 0.15) is 0 Å². The van der Waals surface area contributed by atoms with E-state index in [9.17, 15) is 0 Å². The zero-order chi connectivity index (χ0) is 11.2. The van der Waals surface area contributed by atoms with Crippen LogP contribution in [0.2, 0.25) is 0 Å². The monoisotopic (exact) mass is 237 g/mol. The second-order valence-corrected chi connectivity index (χ2v) is 4.65. The molecule has 0 amide bonds. The van der Waals surface area contributed by atoms with Crippen molar-refractivity contribution < 1.29 is 0 Å². The number of hydrogen-bond acceptors (Lipinski definition) is 4. The Labute approximate surface area is 103 Å². The average molecular weight is 237 g/mol. The Morgan fingerprint density at radius 2 is 1.94 bits per heavy atom. The van der Waals surface area contributed by atoms with Crippen LogP contribution in [-0.4, -0.2) is 53.3 Å². The molecule has 16 heavy (non-hydrogen) atoms. The zero-order valence-electron chi connectivity index (χ0n) is 9.55. The Balaban J connectivity index is 1.77. The molecule has 4 heteroatoms. The number of rotatable bonds is 4. The summed E-state index contributed by atoms with van der Waals surface area (Å²) in [6.45, 7) is 6.79. The summed E-state index contributed by atoms with van der Waals surface area (Å²) in [5, 5.41) is 0. The predicted molar refractivity (Wildman–Crippen MR) is 69.8 cm³/mol. The molecule has 1 aromatic rings. The van der Waals surface area contributed by atoms with Crippen molar-refractivity contribution in [2.75, 3.05) is 38.5 Å². The van der Waals surface area contributed by atoms with E-state index in [0.717, 1.165) is 31.9 Å². The Bertz CT molecular complexity index is 296. The Morgan fingerprint density at radius 3 is 2.56 bits per heavy atom. The van der Waals surface area contributed by atoms with Crippen molar-refractivity contribution in [3.8, 4) is 0 Å². The van der Waals surface area contributed by atoms with Gasteiger partial charge in [-0.3, -0.25) is 14.8 Å². The summed E-state index contributed by atoms with van der Waals surface area (Å²) in [7, 11) is 0. The van der Waals surface area contributed by atoms with Crippen molar-refractivity contribution in [2.45, 2.75) is 6.54 Å². The van der Waals surface area contributed by atoms with Crippen LogP contribution in [0.5, 0.6) is 0 Å². The van der Waals surface area contributed by atoms with Crippen molar-refractivity contribution >= 4 is 12.6 Å². The van der Waals surface area contributed by atoms with Gasteiger partial charge >= 0.3 is 0 Å². The van der Waals surface area contributed by atoms with Gasteiger partial charge < -0.3 is 0 Å². The molecule has 3 nitrogen and oxygen atoms in total. The molecule has 2 rings (SSSR count). The van der Waals surface area contributed by atoms with Crippen LogP contribution in [0.1, 0.15) is 5.56 Å². The molecule has 0 aliphatic carbocycles. The standard InChI is InChI=1S/C12H19N3S/c16-9-8-14-4-6-15(7-5-14)11-12-2-1-3-13-10-12/h1-3,10,16H,4-9,11H2. The third-order valence-corrected chi connectivity index (χ3v) is 3.21. The molecular formula is C12H19N3S. The van der Waals surface area contributed by atoms with Gasteiger partial charge in [-0.15, -0.1) is 0 Å². The number of hydrogen-bond donors (Lipinski definition) is 1. The van der Waals surface area contributed by atoms with E-state index in [4.69, 9.17) is 0 Å². The van der Waals surface area contributed by atoms with Crippen LogP contribution in [0.15, 0.2) is 24.5 Å². The third-order valence-electron chi connectivity index (χ3n) is 3.01. The molecule has 0 N–H and O–H groups in total. The molecular weight excluding hydrogens is 218 g/mol. The fraction of sp³-hybridized carbons (Fsp3) is 0.583. The largest absolute Gasteiger partial charge is 0.300 e. The minimum Gasteiger partial charge on any atom is -0.300 e. The molecule has 0 aromatic carbocycles. The minimum absolute atomic E-state index is 0.961. The highest BCUT2D eigenvalue weighted by Crippen LogP contribution is 2.07. The summed E-state index contributed by atoms with van der Waals surface area (Å²) in [6, 6.07) is 4.15. The van der Waals surface area contributed by atoms with Gasteiger partial charge in [0.2, 0.25) is 0 Å². The maximum atomic E-state index is 4.27. The van der Waals surface area contributed by atoms with Crippen molar-refractivity contribution in [2.24, 2.45) is 0 Å². The lowest BCUT2D eigenvalue weighted by Crippen LogP contribution is -2.46. The van der Waals surface area contributed by atoms with Gasteiger partial charge in [-0.05, 0) is 11.6 Å². The first-order valence-corrected chi connectivity index (χ1v) is 6.46. The highest BCUT2D eigenvalue weighted by molar-refractivity contribution is 7.80. The number of piperazine rings is 1. The second kappa shape index (κ2) is 6.23. The molecule has 2 heterocycles. The molecule has 1 aliphatic rings. The topological polar surface area (TPSA) is 19.4 Å². The maximum absolute atomic E-state index is 4.27.